The van der Waals surface area contributed by atoms with Crippen LogP contribution in [0.3, 0.4) is 0 Å². The average Bonchev–Trinajstić information content (AvgIpc) is 2.47. The van der Waals surface area contributed by atoms with Crippen LogP contribution in [0.2, 0.25) is 0 Å². The van der Waals surface area contributed by atoms with Crippen molar-refractivity contribution in [1.82, 2.24) is 10.4 Å². The van der Waals surface area contributed by atoms with Crippen molar-refractivity contribution in [3.8, 4) is 0 Å². The molecule has 0 aliphatic carbocycles. The molecule has 1 fully saturated rings. The van der Waals surface area contributed by atoms with Gasteiger partial charge in [-0.15, -0.1) is 0 Å². The van der Waals surface area contributed by atoms with Gasteiger partial charge in [0.05, 0.1) is 19.1 Å². The van der Waals surface area contributed by atoms with E-state index in [9.17, 15) is 4.79 Å². The predicted octanol–water partition coefficient (Wildman–Crippen LogP) is 1.21. The smallest absolute Gasteiger partial charge is 0.242 e. The molecule has 0 aromatic heterocycles. The van der Waals surface area contributed by atoms with Crippen molar-refractivity contribution in [2.24, 2.45) is 5.92 Å². The SMILES string of the molecule is O=C(NN1CCOCC1)C(C=S)Cc1ccccc1. The summed E-state index contributed by atoms with van der Waals surface area (Å²) in [5, 5.41) is 3.44. The zero-order chi connectivity index (χ0) is 13.5. The standard InChI is InChI=1S/C14H18N2O2S/c17-14(15-16-6-8-18-9-7-16)13(11-19)10-12-4-2-1-3-5-12/h1-5,11,13H,6-10H2,(H,15,17). The second kappa shape index (κ2) is 7.33. The third-order valence-electron chi connectivity index (χ3n) is 3.08. The van der Waals surface area contributed by atoms with Crippen LogP contribution in [-0.2, 0) is 16.0 Å². The minimum absolute atomic E-state index is 0.0410. The Kier molecular flexibility index (Phi) is 5.44. The van der Waals surface area contributed by atoms with Crippen molar-refractivity contribution in [2.45, 2.75) is 6.42 Å². The molecule has 1 aromatic carbocycles. The van der Waals surface area contributed by atoms with Gasteiger partial charge in [0, 0.05) is 13.1 Å². The van der Waals surface area contributed by atoms with Gasteiger partial charge in [0.1, 0.15) is 0 Å². The number of nitrogens with zero attached hydrogens (tertiary/aromatic N) is 1. The quantitative estimate of drug-likeness (QED) is 0.822. The Morgan fingerprint density at radius 1 is 1.37 bits per heavy atom. The Morgan fingerprint density at radius 2 is 2.05 bits per heavy atom. The molecule has 1 amide bonds. The summed E-state index contributed by atoms with van der Waals surface area (Å²) >= 11 is 4.99. The van der Waals surface area contributed by atoms with Crippen LogP contribution in [0.15, 0.2) is 30.3 Å². The highest BCUT2D eigenvalue weighted by atomic mass is 32.1. The third kappa shape index (κ3) is 4.38. The molecule has 1 unspecified atom stereocenters. The Morgan fingerprint density at radius 3 is 2.68 bits per heavy atom. The summed E-state index contributed by atoms with van der Waals surface area (Å²) in [5.41, 5.74) is 4.02. The summed E-state index contributed by atoms with van der Waals surface area (Å²) in [4.78, 5) is 12.2. The summed E-state index contributed by atoms with van der Waals surface area (Å²) in [6.45, 7) is 2.75. The molecule has 0 bridgehead atoms. The third-order valence-corrected chi connectivity index (χ3v) is 3.41. The van der Waals surface area contributed by atoms with Crippen LogP contribution in [0.1, 0.15) is 5.56 Å². The van der Waals surface area contributed by atoms with Gasteiger partial charge in [-0.05, 0) is 17.4 Å². The topological polar surface area (TPSA) is 41.6 Å². The first kappa shape index (κ1) is 14.1. The van der Waals surface area contributed by atoms with E-state index in [1.165, 1.54) is 0 Å². The van der Waals surface area contributed by atoms with E-state index in [1.54, 1.807) is 5.37 Å². The maximum atomic E-state index is 12.2. The first-order valence-corrected chi connectivity index (χ1v) is 6.89. The van der Waals surface area contributed by atoms with Crippen LogP contribution < -0.4 is 5.43 Å². The van der Waals surface area contributed by atoms with E-state index in [-0.39, 0.29) is 11.8 Å². The number of ether oxygens (including phenoxy) is 1. The van der Waals surface area contributed by atoms with Crippen LogP contribution in [0, 0.1) is 5.92 Å². The molecule has 1 atom stereocenters. The van der Waals surface area contributed by atoms with E-state index in [0.717, 1.165) is 18.7 Å². The summed E-state index contributed by atoms with van der Waals surface area (Å²) in [7, 11) is 0. The number of carbonyl (C=O) groups is 1. The van der Waals surface area contributed by atoms with E-state index in [0.29, 0.717) is 19.6 Å². The first-order chi connectivity index (χ1) is 9.29. The molecule has 1 aromatic rings. The monoisotopic (exact) mass is 278 g/mol. The number of carbonyl (C=O) groups excluding carboxylic acids is 1. The molecular formula is C14H18N2O2S. The van der Waals surface area contributed by atoms with Gasteiger partial charge in [0.15, 0.2) is 0 Å². The Balaban J connectivity index is 1.89. The van der Waals surface area contributed by atoms with Crippen molar-refractivity contribution >= 4 is 23.5 Å². The molecule has 0 saturated carbocycles. The lowest BCUT2D eigenvalue weighted by molar-refractivity contribution is -0.129. The molecule has 1 heterocycles. The average molecular weight is 278 g/mol. The molecule has 0 radical (unpaired) electrons. The van der Waals surface area contributed by atoms with Gasteiger partial charge >= 0.3 is 0 Å². The van der Waals surface area contributed by atoms with Gasteiger partial charge in [0.25, 0.3) is 0 Å². The van der Waals surface area contributed by atoms with Crippen LogP contribution in [0.25, 0.3) is 0 Å². The summed E-state index contributed by atoms with van der Waals surface area (Å²) in [6.07, 6.45) is 0.639. The van der Waals surface area contributed by atoms with Crippen LogP contribution in [-0.4, -0.2) is 42.6 Å². The molecule has 4 nitrogen and oxygen atoms in total. The summed E-state index contributed by atoms with van der Waals surface area (Å²) < 4.78 is 5.24. The summed E-state index contributed by atoms with van der Waals surface area (Å²) in [5.74, 6) is -0.319. The molecule has 1 aliphatic rings. The first-order valence-electron chi connectivity index (χ1n) is 6.42. The normalized spacial score (nSPS) is 17.7. The highest BCUT2D eigenvalue weighted by Gasteiger charge is 2.20. The number of nitrogens with one attached hydrogen (secondary N) is 1. The molecule has 19 heavy (non-hydrogen) atoms. The minimum atomic E-state index is -0.278. The molecule has 102 valence electrons. The lowest BCUT2D eigenvalue weighted by Gasteiger charge is -2.28. The van der Waals surface area contributed by atoms with Crippen molar-refractivity contribution in [1.29, 1.82) is 0 Å². The van der Waals surface area contributed by atoms with Gasteiger partial charge in [-0.3, -0.25) is 10.2 Å². The van der Waals surface area contributed by atoms with Gasteiger partial charge in [-0.2, -0.15) is 0 Å². The lowest BCUT2D eigenvalue weighted by Crippen LogP contribution is -2.50. The largest absolute Gasteiger partial charge is 0.379 e. The predicted molar refractivity (Wildman–Crippen MR) is 77.8 cm³/mol. The fourth-order valence-electron chi connectivity index (χ4n) is 1.98. The van der Waals surface area contributed by atoms with E-state index in [4.69, 9.17) is 17.0 Å². The second-order valence-electron chi connectivity index (χ2n) is 4.51. The highest BCUT2D eigenvalue weighted by Crippen LogP contribution is 2.08. The maximum absolute atomic E-state index is 12.2. The number of hydrogen-bond donors (Lipinski definition) is 1. The molecule has 0 spiro atoms. The number of hydrogen-bond acceptors (Lipinski definition) is 4. The fourth-order valence-corrected chi connectivity index (χ4v) is 2.20. The molecule has 1 aliphatic heterocycles. The van der Waals surface area contributed by atoms with Crippen molar-refractivity contribution in [3.63, 3.8) is 0 Å². The minimum Gasteiger partial charge on any atom is -0.379 e. The molecule has 1 saturated heterocycles. The van der Waals surface area contributed by atoms with Gasteiger partial charge in [0.2, 0.25) is 5.91 Å². The van der Waals surface area contributed by atoms with E-state index in [1.807, 2.05) is 35.3 Å². The van der Waals surface area contributed by atoms with Gasteiger partial charge in [-0.25, -0.2) is 5.01 Å². The second-order valence-corrected chi connectivity index (χ2v) is 4.78. The Bertz CT molecular complexity index is 419. The number of thiocarbonyl (C=S) groups is 1. The number of amides is 1. The van der Waals surface area contributed by atoms with Gasteiger partial charge in [-0.1, -0.05) is 42.5 Å². The highest BCUT2D eigenvalue weighted by molar-refractivity contribution is 7.79. The maximum Gasteiger partial charge on any atom is 0.242 e. The zero-order valence-electron chi connectivity index (χ0n) is 10.7. The van der Waals surface area contributed by atoms with Crippen LogP contribution in [0.5, 0.6) is 0 Å². The Labute approximate surface area is 118 Å². The van der Waals surface area contributed by atoms with E-state index in [2.05, 4.69) is 5.43 Å². The number of benzene rings is 1. The molecule has 5 heteroatoms. The van der Waals surface area contributed by atoms with E-state index < -0.39 is 0 Å². The lowest BCUT2D eigenvalue weighted by atomic mass is 10.0. The molecule has 2 rings (SSSR count). The number of rotatable bonds is 5. The zero-order valence-corrected chi connectivity index (χ0v) is 11.6. The fraction of sp³-hybridized carbons (Fsp3) is 0.429. The van der Waals surface area contributed by atoms with Crippen LogP contribution >= 0.6 is 12.2 Å². The van der Waals surface area contributed by atoms with Gasteiger partial charge < -0.3 is 4.74 Å². The van der Waals surface area contributed by atoms with E-state index >= 15 is 0 Å². The molecule has 1 N–H and O–H groups in total. The molecular weight excluding hydrogens is 260 g/mol. The van der Waals surface area contributed by atoms with Crippen molar-refractivity contribution < 1.29 is 9.53 Å². The number of morpholine rings is 1. The summed E-state index contributed by atoms with van der Waals surface area (Å²) in [6, 6.07) is 9.91. The van der Waals surface area contributed by atoms with Crippen molar-refractivity contribution in [3.05, 3.63) is 35.9 Å². The van der Waals surface area contributed by atoms with Crippen molar-refractivity contribution in [2.75, 3.05) is 26.3 Å². The van der Waals surface area contributed by atoms with Crippen LogP contribution in [0.4, 0.5) is 0 Å². The Hall–Kier alpha value is -1.30. The number of hydrazine groups is 1.